The number of nitrogens with zero attached hydrogens (tertiary/aromatic N) is 1. The topological polar surface area (TPSA) is 64.8 Å². The fourth-order valence-corrected chi connectivity index (χ4v) is 2.75. The molecule has 1 aliphatic rings. The van der Waals surface area contributed by atoms with Crippen molar-refractivity contribution in [3.05, 3.63) is 23.8 Å². The number of anilines is 2. The summed E-state index contributed by atoms with van der Waals surface area (Å²) in [6.45, 7) is 7.62. The van der Waals surface area contributed by atoms with Gasteiger partial charge >= 0.3 is 5.97 Å². The van der Waals surface area contributed by atoms with Crippen LogP contribution in [0.15, 0.2) is 18.2 Å². The first kappa shape index (κ1) is 14.7. The van der Waals surface area contributed by atoms with Gasteiger partial charge in [-0.05, 0) is 32.9 Å². The van der Waals surface area contributed by atoms with Crippen molar-refractivity contribution in [2.24, 2.45) is 0 Å². The molecule has 1 aromatic carbocycles. The number of ether oxygens (including phenoxy) is 2. The van der Waals surface area contributed by atoms with Gasteiger partial charge in [0.15, 0.2) is 0 Å². The molecule has 1 saturated heterocycles. The van der Waals surface area contributed by atoms with Crippen LogP contribution in [0.5, 0.6) is 0 Å². The molecule has 0 radical (unpaired) electrons. The summed E-state index contributed by atoms with van der Waals surface area (Å²) < 4.78 is 10.6. The Bertz CT molecular complexity index is 514. The van der Waals surface area contributed by atoms with Crippen LogP contribution in [0.3, 0.4) is 0 Å². The van der Waals surface area contributed by atoms with Crippen molar-refractivity contribution in [1.82, 2.24) is 0 Å². The third-order valence-electron chi connectivity index (χ3n) is 3.40. The van der Waals surface area contributed by atoms with Gasteiger partial charge in [-0.15, -0.1) is 0 Å². The van der Waals surface area contributed by atoms with Crippen LogP contribution in [0.2, 0.25) is 0 Å². The average Bonchev–Trinajstić information content (AvgIpc) is 2.35. The van der Waals surface area contributed by atoms with Crippen LogP contribution in [0.4, 0.5) is 11.4 Å². The minimum atomic E-state index is -0.412. The highest BCUT2D eigenvalue weighted by atomic mass is 16.5. The van der Waals surface area contributed by atoms with Crippen molar-refractivity contribution in [3.63, 3.8) is 0 Å². The number of nitrogens with two attached hydrogens (primary N) is 1. The summed E-state index contributed by atoms with van der Waals surface area (Å²) in [7, 11) is 1.36. The molecular formula is C15H22N2O3. The van der Waals surface area contributed by atoms with Crippen molar-refractivity contribution in [2.75, 3.05) is 30.8 Å². The van der Waals surface area contributed by atoms with E-state index in [1.54, 1.807) is 6.07 Å². The maximum absolute atomic E-state index is 11.7. The van der Waals surface area contributed by atoms with E-state index >= 15 is 0 Å². The first-order valence-electron chi connectivity index (χ1n) is 6.73. The monoisotopic (exact) mass is 278 g/mol. The van der Waals surface area contributed by atoms with Crippen LogP contribution in [0, 0.1) is 0 Å². The highest BCUT2D eigenvalue weighted by Gasteiger charge is 2.32. The van der Waals surface area contributed by atoms with Crippen molar-refractivity contribution < 1.29 is 14.3 Å². The Balaban J connectivity index is 2.35. The Morgan fingerprint density at radius 3 is 2.80 bits per heavy atom. The van der Waals surface area contributed by atoms with E-state index in [0.29, 0.717) is 11.3 Å². The number of esters is 1. The number of benzene rings is 1. The van der Waals surface area contributed by atoms with E-state index in [2.05, 4.69) is 18.7 Å². The lowest BCUT2D eigenvalue weighted by molar-refractivity contribution is -0.0749. The van der Waals surface area contributed by atoms with Gasteiger partial charge in [0.25, 0.3) is 0 Å². The largest absolute Gasteiger partial charge is 0.465 e. The second kappa shape index (κ2) is 5.32. The first-order chi connectivity index (χ1) is 9.34. The summed E-state index contributed by atoms with van der Waals surface area (Å²) in [5.41, 5.74) is 7.62. The molecule has 1 heterocycles. The zero-order valence-electron chi connectivity index (χ0n) is 12.5. The Kier molecular flexibility index (Phi) is 3.90. The fourth-order valence-electron chi connectivity index (χ4n) is 2.75. The summed E-state index contributed by atoms with van der Waals surface area (Å²) in [5, 5.41) is 0. The molecule has 110 valence electrons. The van der Waals surface area contributed by atoms with E-state index < -0.39 is 5.97 Å². The molecule has 1 aliphatic heterocycles. The van der Waals surface area contributed by atoms with Gasteiger partial charge in [0.2, 0.25) is 0 Å². The van der Waals surface area contributed by atoms with Crippen molar-refractivity contribution in [3.8, 4) is 0 Å². The molecule has 1 atom stereocenters. The van der Waals surface area contributed by atoms with Crippen LogP contribution in [0.25, 0.3) is 0 Å². The minimum Gasteiger partial charge on any atom is -0.465 e. The Morgan fingerprint density at radius 1 is 1.50 bits per heavy atom. The van der Waals surface area contributed by atoms with Gasteiger partial charge in [-0.25, -0.2) is 4.79 Å². The van der Waals surface area contributed by atoms with Gasteiger partial charge in [0.05, 0.1) is 35.8 Å². The number of rotatable bonds is 2. The average molecular weight is 278 g/mol. The molecule has 0 spiro atoms. The standard InChI is InChI=1S/C15H22N2O3/c1-10-8-17(9-15(2,3)20-10)12-7-5-6-11(13(12)16)14(18)19-4/h5-7,10H,8-9,16H2,1-4H3. The Morgan fingerprint density at radius 2 is 2.20 bits per heavy atom. The van der Waals surface area contributed by atoms with Gasteiger partial charge < -0.3 is 20.1 Å². The van der Waals surface area contributed by atoms with Gasteiger partial charge in [0, 0.05) is 13.1 Å². The number of para-hydroxylation sites is 1. The third-order valence-corrected chi connectivity index (χ3v) is 3.40. The number of hydrogen-bond acceptors (Lipinski definition) is 5. The van der Waals surface area contributed by atoms with Crippen LogP contribution in [-0.2, 0) is 9.47 Å². The number of hydrogen-bond donors (Lipinski definition) is 1. The molecule has 0 saturated carbocycles. The summed E-state index contributed by atoms with van der Waals surface area (Å²) >= 11 is 0. The van der Waals surface area contributed by atoms with E-state index in [9.17, 15) is 4.79 Å². The molecule has 0 amide bonds. The highest BCUT2D eigenvalue weighted by molar-refractivity contribution is 5.98. The molecule has 0 aromatic heterocycles. The van der Waals surface area contributed by atoms with Gasteiger partial charge in [-0.2, -0.15) is 0 Å². The van der Waals surface area contributed by atoms with E-state index in [4.69, 9.17) is 15.2 Å². The third kappa shape index (κ3) is 2.88. The number of morpholine rings is 1. The molecule has 1 fully saturated rings. The second-order valence-corrected chi connectivity index (χ2v) is 5.80. The predicted molar refractivity (Wildman–Crippen MR) is 79.0 cm³/mol. The molecule has 1 aromatic rings. The van der Waals surface area contributed by atoms with Crippen LogP contribution < -0.4 is 10.6 Å². The lowest BCUT2D eigenvalue weighted by atomic mass is 10.0. The SMILES string of the molecule is COC(=O)c1cccc(N2CC(C)OC(C)(C)C2)c1N. The predicted octanol–water partition coefficient (Wildman–Crippen LogP) is 2.06. The molecule has 2 N–H and O–H groups in total. The maximum Gasteiger partial charge on any atom is 0.340 e. The fraction of sp³-hybridized carbons (Fsp3) is 0.533. The van der Waals surface area contributed by atoms with E-state index in [1.807, 2.05) is 19.1 Å². The van der Waals surface area contributed by atoms with Crippen molar-refractivity contribution in [1.29, 1.82) is 0 Å². The zero-order valence-corrected chi connectivity index (χ0v) is 12.5. The quantitative estimate of drug-likeness (QED) is 0.662. The van der Waals surface area contributed by atoms with E-state index in [1.165, 1.54) is 7.11 Å². The molecule has 0 bridgehead atoms. The Hall–Kier alpha value is -1.75. The van der Waals surface area contributed by atoms with Gasteiger partial charge in [-0.3, -0.25) is 0 Å². The van der Waals surface area contributed by atoms with Gasteiger partial charge in [0.1, 0.15) is 0 Å². The summed E-state index contributed by atoms with van der Waals surface area (Å²) in [5.74, 6) is -0.412. The van der Waals surface area contributed by atoms with E-state index in [0.717, 1.165) is 18.8 Å². The van der Waals surface area contributed by atoms with Gasteiger partial charge in [-0.1, -0.05) is 6.07 Å². The summed E-state index contributed by atoms with van der Waals surface area (Å²) in [6.07, 6.45) is 0.111. The smallest absolute Gasteiger partial charge is 0.340 e. The molecule has 5 heteroatoms. The lowest BCUT2D eigenvalue weighted by Crippen LogP contribution is -2.52. The first-order valence-corrected chi connectivity index (χ1v) is 6.73. The number of carbonyl (C=O) groups is 1. The Labute approximate surface area is 119 Å². The maximum atomic E-state index is 11.7. The minimum absolute atomic E-state index is 0.111. The number of nitrogen functional groups attached to an aromatic ring is 1. The van der Waals surface area contributed by atoms with Crippen LogP contribution >= 0.6 is 0 Å². The normalized spacial score (nSPS) is 21.6. The number of methoxy groups -OCH3 is 1. The van der Waals surface area contributed by atoms with Crippen LogP contribution in [0.1, 0.15) is 31.1 Å². The number of carbonyl (C=O) groups excluding carboxylic acids is 1. The molecule has 0 aliphatic carbocycles. The molecule has 2 rings (SSSR count). The van der Waals surface area contributed by atoms with Crippen LogP contribution in [-0.4, -0.2) is 37.9 Å². The summed E-state index contributed by atoms with van der Waals surface area (Å²) in [6, 6.07) is 5.43. The highest BCUT2D eigenvalue weighted by Crippen LogP contribution is 2.32. The summed E-state index contributed by atoms with van der Waals surface area (Å²) in [4.78, 5) is 13.9. The van der Waals surface area contributed by atoms with Crippen molar-refractivity contribution in [2.45, 2.75) is 32.5 Å². The zero-order chi connectivity index (χ0) is 14.9. The van der Waals surface area contributed by atoms with E-state index in [-0.39, 0.29) is 11.7 Å². The second-order valence-electron chi connectivity index (χ2n) is 5.80. The lowest BCUT2D eigenvalue weighted by Gasteiger charge is -2.43. The molecular weight excluding hydrogens is 256 g/mol. The van der Waals surface area contributed by atoms with Crippen molar-refractivity contribution >= 4 is 17.3 Å². The molecule has 1 unspecified atom stereocenters. The molecule has 20 heavy (non-hydrogen) atoms. The molecule has 5 nitrogen and oxygen atoms in total.